The third-order valence-electron chi connectivity index (χ3n) is 4.19. The topological polar surface area (TPSA) is 79.0 Å². The van der Waals surface area contributed by atoms with Crippen molar-refractivity contribution in [3.05, 3.63) is 29.3 Å². The minimum Gasteiger partial charge on any atom is -0.453 e. The largest absolute Gasteiger partial charge is 0.453 e. The van der Waals surface area contributed by atoms with Gasteiger partial charge in [-0.3, -0.25) is 9.59 Å². The zero-order valence-electron chi connectivity index (χ0n) is 13.0. The van der Waals surface area contributed by atoms with Crippen LogP contribution in [-0.4, -0.2) is 61.0 Å². The second kappa shape index (κ2) is 6.28. The van der Waals surface area contributed by atoms with Crippen LogP contribution in [0.1, 0.15) is 22.3 Å². The van der Waals surface area contributed by atoms with Crippen molar-refractivity contribution in [3.8, 4) is 0 Å². The van der Waals surface area contributed by atoms with Crippen molar-refractivity contribution in [2.45, 2.75) is 12.8 Å². The van der Waals surface area contributed by atoms with E-state index in [0.29, 0.717) is 44.6 Å². The number of rotatable bonds is 1. The number of anilines is 1. The van der Waals surface area contributed by atoms with Crippen LogP contribution in [0.25, 0.3) is 0 Å². The van der Waals surface area contributed by atoms with Crippen LogP contribution in [0.2, 0.25) is 0 Å². The lowest BCUT2D eigenvalue weighted by atomic mass is 10.1. The van der Waals surface area contributed by atoms with E-state index in [1.807, 2.05) is 0 Å². The number of nitrogens with zero attached hydrogens (tertiary/aromatic N) is 2. The molecule has 2 aliphatic heterocycles. The molecule has 1 saturated heterocycles. The number of amides is 3. The second-order valence-electron chi connectivity index (χ2n) is 5.70. The van der Waals surface area contributed by atoms with Crippen LogP contribution in [-0.2, 0) is 16.0 Å². The maximum Gasteiger partial charge on any atom is 0.409 e. The number of fused-ring (bicyclic) bond motifs is 1. The zero-order chi connectivity index (χ0) is 16.4. The van der Waals surface area contributed by atoms with Crippen LogP contribution in [0.3, 0.4) is 0 Å². The van der Waals surface area contributed by atoms with Gasteiger partial charge in [-0.25, -0.2) is 4.79 Å². The van der Waals surface area contributed by atoms with Gasteiger partial charge in [0, 0.05) is 37.4 Å². The first kappa shape index (κ1) is 15.3. The fourth-order valence-corrected chi connectivity index (χ4v) is 2.98. The van der Waals surface area contributed by atoms with Gasteiger partial charge >= 0.3 is 6.09 Å². The lowest BCUT2D eigenvalue weighted by Gasteiger charge is -2.21. The summed E-state index contributed by atoms with van der Waals surface area (Å²) in [4.78, 5) is 39.0. The van der Waals surface area contributed by atoms with Crippen LogP contribution in [0, 0.1) is 0 Å². The summed E-state index contributed by atoms with van der Waals surface area (Å²) in [5.74, 6) is -0.119. The molecule has 7 heteroatoms. The number of benzene rings is 1. The van der Waals surface area contributed by atoms with Crippen molar-refractivity contribution in [2.75, 3.05) is 38.6 Å². The highest BCUT2D eigenvalue weighted by Crippen LogP contribution is 2.24. The smallest absolute Gasteiger partial charge is 0.409 e. The van der Waals surface area contributed by atoms with Crippen molar-refractivity contribution >= 4 is 23.6 Å². The van der Waals surface area contributed by atoms with Crippen molar-refractivity contribution < 1.29 is 19.1 Å². The molecule has 3 rings (SSSR count). The number of ether oxygens (including phenoxy) is 1. The first-order chi connectivity index (χ1) is 11.1. The standard InChI is InChI=1S/C16H19N3O4/c1-23-16(22)19-6-2-5-18(7-8-19)15(21)11-3-4-13-12(9-11)10-14(20)17-13/h3-4,9H,2,5-8,10H2,1H3,(H,17,20). The van der Waals surface area contributed by atoms with Crippen LogP contribution in [0.4, 0.5) is 10.5 Å². The van der Waals surface area contributed by atoms with E-state index in [0.717, 1.165) is 11.3 Å². The van der Waals surface area contributed by atoms with Crippen LogP contribution in [0.15, 0.2) is 18.2 Å². The summed E-state index contributed by atoms with van der Waals surface area (Å²) in [6.07, 6.45) is 0.666. The Labute approximate surface area is 134 Å². The minimum absolute atomic E-state index is 0.0481. The summed E-state index contributed by atoms with van der Waals surface area (Å²) in [6.45, 7) is 2.12. The molecule has 0 unspecified atom stereocenters. The number of carbonyl (C=O) groups is 3. The van der Waals surface area contributed by atoms with Gasteiger partial charge in [0.15, 0.2) is 0 Å². The van der Waals surface area contributed by atoms with Crippen LogP contribution in [0.5, 0.6) is 0 Å². The van der Waals surface area contributed by atoms with Gasteiger partial charge in [-0.2, -0.15) is 0 Å². The molecule has 1 aromatic rings. The van der Waals surface area contributed by atoms with Crippen molar-refractivity contribution in [1.29, 1.82) is 0 Å². The number of hydrogen-bond acceptors (Lipinski definition) is 4. The Kier molecular flexibility index (Phi) is 4.18. The SMILES string of the molecule is COC(=O)N1CCCN(C(=O)c2ccc3c(c2)CC(=O)N3)CC1. The highest BCUT2D eigenvalue weighted by Gasteiger charge is 2.25. The maximum atomic E-state index is 12.7. The predicted octanol–water partition coefficient (Wildman–Crippen LogP) is 1.10. The Morgan fingerprint density at radius 3 is 2.65 bits per heavy atom. The maximum absolute atomic E-state index is 12.7. The van der Waals surface area contributed by atoms with E-state index in [9.17, 15) is 14.4 Å². The number of nitrogens with one attached hydrogen (secondary N) is 1. The summed E-state index contributed by atoms with van der Waals surface area (Å²) in [6, 6.07) is 5.28. The summed E-state index contributed by atoms with van der Waals surface area (Å²) in [5.41, 5.74) is 2.21. The van der Waals surface area contributed by atoms with Gasteiger partial charge < -0.3 is 19.9 Å². The van der Waals surface area contributed by atoms with E-state index in [1.54, 1.807) is 28.0 Å². The first-order valence-electron chi connectivity index (χ1n) is 7.63. The molecule has 0 aliphatic carbocycles. The molecule has 2 heterocycles. The number of hydrogen-bond donors (Lipinski definition) is 1. The van der Waals surface area contributed by atoms with E-state index in [2.05, 4.69) is 5.32 Å². The third kappa shape index (κ3) is 3.13. The second-order valence-corrected chi connectivity index (χ2v) is 5.70. The molecule has 0 radical (unpaired) electrons. The molecular weight excluding hydrogens is 298 g/mol. The molecule has 0 saturated carbocycles. The van der Waals surface area contributed by atoms with Gasteiger partial charge in [0.25, 0.3) is 5.91 Å². The van der Waals surface area contributed by atoms with Gasteiger partial charge in [-0.1, -0.05) is 0 Å². The highest BCUT2D eigenvalue weighted by molar-refractivity contribution is 6.01. The Bertz CT molecular complexity index is 659. The summed E-state index contributed by atoms with van der Waals surface area (Å²) >= 11 is 0. The van der Waals surface area contributed by atoms with E-state index >= 15 is 0 Å². The average Bonchev–Trinajstić information content (AvgIpc) is 2.77. The zero-order valence-corrected chi connectivity index (χ0v) is 13.0. The van der Waals surface area contributed by atoms with Gasteiger partial charge in [0.05, 0.1) is 13.5 Å². The van der Waals surface area contributed by atoms with E-state index in [-0.39, 0.29) is 17.9 Å². The highest BCUT2D eigenvalue weighted by atomic mass is 16.5. The van der Waals surface area contributed by atoms with E-state index in [4.69, 9.17) is 4.74 Å². The van der Waals surface area contributed by atoms with Crippen molar-refractivity contribution in [1.82, 2.24) is 9.80 Å². The van der Waals surface area contributed by atoms with Gasteiger partial charge in [-0.05, 0) is 30.2 Å². The fourth-order valence-electron chi connectivity index (χ4n) is 2.98. The van der Waals surface area contributed by atoms with Gasteiger partial charge in [0.2, 0.25) is 5.91 Å². The molecule has 23 heavy (non-hydrogen) atoms. The Balaban J connectivity index is 1.70. The minimum atomic E-state index is -0.360. The normalized spacial score (nSPS) is 17.3. The summed E-state index contributed by atoms with van der Waals surface area (Å²) in [5, 5.41) is 2.76. The molecule has 1 N–H and O–H groups in total. The summed E-state index contributed by atoms with van der Waals surface area (Å²) in [7, 11) is 1.36. The molecule has 1 fully saturated rings. The Morgan fingerprint density at radius 1 is 1.13 bits per heavy atom. The lowest BCUT2D eigenvalue weighted by molar-refractivity contribution is -0.115. The van der Waals surface area contributed by atoms with E-state index in [1.165, 1.54) is 7.11 Å². The molecule has 0 atom stereocenters. The molecule has 1 aromatic carbocycles. The molecule has 3 amide bonds. The number of carbonyl (C=O) groups excluding carboxylic acids is 3. The van der Waals surface area contributed by atoms with Crippen LogP contribution < -0.4 is 5.32 Å². The number of methoxy groups -OCH3 is 1. The molecule has 2 aliphatic rings. The molecule has 0 bridgehead atoms. The van der Waals surface area contributed by atoms with E-state index < -0.39 is 0 Å². The van der Waals surface area contributed by atoms with Gasteiger partial charge in [0.1, 0.15) is 0 Å². The van der Waals surface area contributed by atoms with Crippen LogP contribution >= 0.6 is 0 Å². The molecule has 122 valence electrons. The Morgan fingerprint density at radius 2 is 1.87 bits per heavy atom. The van der Waals surface area contributed by atoms with Gasteiger partial charge in [-0.15, -0.1) is 0 Å². The molecule has 0 spiro atoms. The van der Waals surface area contributed by atoms with Crippen molar-refractivity contribution in [3.63, 3.8) is 0 Å². The fraction of sp³-hybridized carbons (Fsp3) is 0.438. The molecule has 7 nitrogen and oxygen atoms in total. The monoisotopic (exact) mass is 317 g/mol. The first-order valence-corrected chi connectivity index (χ1v) is 7.63. The lowest BCUT2D eigenvalue weighted by Crippen LogP contribution is -2.37. The Hall–Kier alpha value is -2.57. The summed E-state index contributed by atoms with van der Waals surface area (Å²) < 4.78 is 4.73. The van der Waals surface area contributed by atoms with Crippen molar-refractivity contribution in [2.24, 2.45) is 0 Å². The predicted molar refractivity (Wildman–Crippen MR) is 83.3 cm³/mol. The average molecular weight is 317 g/mol. The quantitative estimate of drug-likeness (QED) is 0.841. The molecule has 0 aromatic heterocycles. The molecular formula is C16H19N3O4. The third-order valence-corrected chi connectivity index (χ3v) is 4.19.